The van der Waals surface area contributed by atoms with Crippen molar-refractivity contribution in [2.75, 3.05) is 13.1 Å². The maximum atomic E-state index is 12.1. The van der Waals surface area contributed by atoms with Crippen LogP contribution in [0.3, 0.4) is 0 Å². The SMILES string of the molecule is CC[C@H]1C(=O)NCCCN1Cc1cc(=O)[nH]c(C2CC2)n1. The fraction of sp³-hybridized carbons (Fsp3) is 0.667. The molecule has 1 atom stereocenters. The van der Waals surface area contributed by atoms with E-state index in [-0.39, 0.29) is 17.5 Å². The molecule has 2 N–H and O–H groups in total. The molecule has 1 saturated carbocycles. The topological polar surface area (TPSA) is 78.1 Å². The predicted molar refractivity (Wildman–Crippen MR) is 78.9 cm³/mol. The third kappa shape index (κ3) is 3.32. The van der Waals surface area contributed by atoms with Gasteiger partial charge in [-0.15, -0.1) is 0 Å². The quantitative estimate of drug-likeness (QED) is 0.857. The van der Waals surface area contributed by atoms with Crippen LogP contribution in [0, 0.1) is 0 Å². The van der Waals surface area contributed by atoms with Gasteiger partial charge >= 0.3 is 0 Å². The van der Waals surface area contributed by atoms with E-state index in [2.05, 4.69) is 20.2 Å². The minimum atomic E-state index is -0.127. The monoisotopic (exact) mass is 290 g/mol. The molecular formula is C15H22N4O2. The first kappa shape index (κ1) is 14.3. The number of nitrogens with zero attached hydrogens (tertiary/aromatic N) is 2. The summed E-state index contributed by atoms with van der Waals surface area (Å²) < 4.78 is 0. The molecule has 0 bridgehead atoms. The van der Waals surface area contributed by atoms with Crippen LogP contribution in [0.1, 0.15) is 50.0 Å². The van der Waals surface area contributed by atoms with Gasteiger partial charge in [-0.05, 0) is 25.7 Å². The summed E-state index contributed by atoms with van der Waals surface area (Å²) >= 11 is 0. The highest BCUT2D eigenvalue weighted by molar-refractivity contribution is 5.81. The summed E-state index contributed by atoms with van der Waals surface area (Å²) in [5.74, 6) is 1.32. The van der Waals surface area contributed by atoms with Crippen molar-refractivity contribution in [1.82, 2.24) is 20.2 Å². The van der Waals surface area contributed by atoms with Crippen LogP contribution < -0.4 is 10.9 Å². The van der Waals surface area contributed by atoms with Crippen LogP contribution in [0.25, 0.3) is 0 Å². The van der Waals surface area contributed by atoms with Gasteiger partial charge in [0.05, 0.1) is 11.7 Å². The molecule has 1 aliphatic carbocycles. The summed E-state index contributed by atoms with van der Waals surface area (Å²) in [6, 6.07) is 1.43. The van der Waals surface area contributed by atoms with Gasteiger partial charge in [-0.25, -0.2) is 4.98 Å². The van der Waals surface area contributed by atoms with Crippen molar-refractivity contribution < 1.29 is 4.79 Å². The van der Waals surface area contributed by atoms with Crippen LogP contribution in [-0.2, 0) is 11.3 Å². The van der Waals surface area contributed by atoms with Gasteiger partial charge < -0.3 is 10.3 Å². The Labute approximate surface area is 124 Å². The number of hydrogen-bond acceptors (Lipinski definition) is 4. The zero-order valence-corrected chi connectivity index (χ0v) is 12.4. The minimum Gasteiger partial charge on any atom is -0.355 e. The number of H-pyrrole nitrogens is 1. The summed E-state index contributed by atoms with van der Waals surface area (Å²) in [6.45, 7) is 4.16. The molecule has 1 saturated heterocycles. The lowest BCUT2D eigenvalue weighted by Gasteiger charge is -2.26. The zero-order chi connectivity index (χ0) is 14.8. The van der Waals surface area contributed by atoms with E-state index >= 15 is 0 Å². The number of aromatic nitrogens is 2. The second kappa shape index (κ2) is 5.97. The van der Waals surface area contributed by atoms with E-state index in [0.717, 1.165) is 50.3 Å². The lowest BCUT2D eigenvalue weighted by atomic mass is 10.1. The molecule has 1 aromatic heterocycles. The van der Waals surface area contributed by atoms with Crippen molar-refractivity contribution in [3.05, 3.63) is 27.9 Å². The largest absolute Gasteiger partial charge is 0.355 e. The summed E-state index contributed by atoms with van der Waals surface area (Å²) in [4.78, 5) is 33.4. The first-order valence-electron chi connectivity index (χ1n) is 7.79. The number of hydrogen-bond donors (Lipinski definition) is 2. The number of carbonyl (C=O) groups excluding carboxylic acids is 1. The highest BCUT2D eigenvalue weighted by Gasteiger charge is 2.29. The second-order valence-corrected chi connectivity index (χ2v) is 5.94. The molecule has 2 aliphatic rings. The maximum absolute atomic E-state index is 12.1. The first-order valence-corrected chi connectivity index (χ1v) is 7.79. The normalized spacial score (nSPS) is 23.7. The van der Waals surface area contributed by atoms with Crippen LogP contribution in [0.5, 0.6) is 0 Å². The Morgan fingerprint density at radius 3 is 2.90 bits per heavy atom. The summed E-state index contributed by atoms with van der Waals surface area (Å²) in [6.07, 6.45) is 3.91. The Bertz CT molecular complexity index is 579. The van der Waals surface area contributed by atoms with Crippen LogP contribution in [-0.4, -0.2) is 39.9 Å². The number of amides is 1. The van der Waals surface area contributed by atoms with Gasteiger partial charge in [-0.3, -0.25) is 14.5 Å². The molecule has 1 amide bonds. The van der Waals surface area contributed by atoms with Gasteiger partial charge in [0.15, 0.2) is 0 Å². The Kier molecular flexibility index (Phi) is 4.05. The van der Waals surface area contributed by atoms with Gasteiger partial charge in [0.2, 0.25) is 5.91 Å². The molecule has 114 valence electrons. The molecule has 6 nitrogen and oxygen atoms in total. The van der Waals surface area contributed by atoms with Gasteiger partial charge in [0.25, 0.3) is 5.56 Å². The lowest BCUT2D eigenvalue weighted by molar-refractivity contribution is -0.125. The first-order chi connectivity index (χ1) is 10.2. The van der Waals surface area contributed by atoms with Crippen molar-refractivity contribution in [1.29, 1.82) is 0 Å². The molecule has 1 aromatic rings. The van der Waals surface area contributed by atoms with E-state index in [1.165, 1.54) is 0 Å². The van der Waals surface area contributed by atoms with Crippen molar-refractivity contribution in [2.24, 2.45) is 0 Å². The molecule has 0 unspecified atom stereocenters. The molecule has 2 heterocycles. The predicted octanol–water partition coefficient (Wildman–Crippen LogP) is 0.748. The number of carbonyl (C=O) groups is 1. The van der Waals surface area contributed by atoms with Crippen LogP contribution in [0.2, 0.25) is 0 Å². The highest BCUT2D eigenvalue weighted by atomic mass is 16.2. The third-order valence-corrected chi connectivity index (χ3v) is 4.19. The summed E-state index contributed by atoms with van der Waals surface area (Å²) in [5, 5.41) is 2.94. The standard InChI is InChI=1S/C15H22N4O2/c1-2-12-15(21)16-6-3-7-19(12)9-11-8-13(20)18-14(17-11)10-4-5-10/h8,10,12H,2-7,9H2,1H3,(H,16,21)(H,17,18,20)/t12-/m0/s1. The van der Waals surface area contributed by atoms with E-state index in [9.17, 15) is 9.59 Å². The number of rotatable bonds is 4. The van der Waals surface area contributed by atoms with E-state index in [1.807, 2.05) is 6.92 Å². The van der Waals surface area contributed by atoms with Gasteiger partial charge in [-0.1, -0.05) is 6.92 Å². The fourth-order valence-corrected chi connectivity index (χ4v) is 2.93. The number of nitrogens with one attached hydrogen (secondary N) is 2. The minimum absolute atomic E-state index is 0.0854. The van der Waals surface area contributed by atoms with Crippen molar-refractivity contribution >= 4 is 5.91 Å². The van der Waals surface area contributed by atoms with Gasteiger partial charge in [0, 0.05) is 31.6 Å². The average molecular weight is 290 g/mol. The van der Waals surface area contributed by atoms with Gasteiger partial charge in [-0.2, -0.15) is 0 Å². The molecule has 1 aliphatic heterocycles. The number of aromatic amines is 1. The van der Waals surface area contributed by atoms with Gasteiger partial charge in [0.1, 0.15) is 5.82 Å². The zero-order valence-electron chi connectivity index (χ0n) is 12.4. The van der Waals surface area contributed by atoms with E-state index in [4.69, 9.17) is 0 Å². The smallest absolute Gasteiger partial charge is 0.251 e. The Hall–Kier alpha value is -1.69. The van der Waals surface area contributed by atoms with E-state index < -0.39 is 0 Å². The molecule has 0 spiro atoms. The van der Waals surface area contributed by atoms with Crippen LogP contribution in [0.4, 0.5) is 0 Å². The molecule has 0 radical (unpaired) electrons. The molecule has 3 rings (SSSR count). The molecule has 0 aromatic carbocycles. The molecule has 6 heteroatoms. The van der Waals surface area contributed by atoms with Crippen LogP contribution >= 0.6 is 0 Å². The Balaban J connectivity index is 1.80. The molecular weight excluding hydrogens is 268 g/mol. The molecule has 2 fully saturated rings. The Morgan fingerprint density at radius 2 is 2.19 bits per heavy atom. The third-order valence-electron chi connectivity index (χ3n) is 4.19. The fourth-order valence-electron chi connectivity index (χ4n) is 2.93. The maximum Gasteiger partial charge on any atom is 0.251 e. The molecule has 21 heavy (non-hydrogen) atoms. The second-order valence-electron chi connectivity index (χ2n) is 5.94. The highest BCUT2D eigenvalue weighted by Crippen LogP contribution is 2.37. The lowest BCUT2D eigenvalue weighted by Crippen LogP contribution is -2.43. The van der Waals surface area contributed by atoms with Crippen molar-refractivity contribution in [2.45, 2.75) is 51.1 Å². The van der Waals surface area contributed by atoms with Crippen molar-refractivity contribution in [3.8, 4) is 0 Å². The Morgan fingerprint density at radius 1 is 1.38 bits per heavy atom. The van der Waals surface area contributed by atoms with Crippen LogP contribution in [0.15, 0.2) is 10.9 Å². The van der Waals surface area contributed by atoms with Crippen molar-refractivity contribution in [3.63, 3.8) is 0 Å². The average Bonchev–Trinajstić information content (AvgIpc) is 3.27. The van der Waals surface area contributed by atoms with E-state index in [0.29, 0.717) is 12.5 Å². The summed E-state index contributed by atoms with van der Waals surface area (Å²) in [7, 11) is 0. The summed E-state index contributed by atoms with van der Waals surface area (Å²) in [5.41, 5.74) is 0.683. The van der Waals surface area contributed by atoms with E-state index in [1.54, 1.807) is 6.07 Å².